The highest BCUT2D eigenvalue weighted by Gasteiger charge is 2.15. The molecule has 5 nitrogen and oxygen atoms in total. The molecule has 1 fully saturated rings. The first kappa shape index (κ1) is 14.7. The van der Waals surface area contributed by atoms with Gasteiger partial charge in [-0.05, 0) is 36.5 Å². The molecule has 0 aromatic heterocycles. The fraction of sp³-hybridized carbons (Fsp3) is 0.500. The maximum absolute atomic E-state index is 13.2. The largest absolute Gasteiger partial charge is 0.409 e. The molecule has 0 atom stereocenters. The minimum Gasteiger partial charge on any atom is -0.409 e. The number of amidine groups is 1. The van der Waals surface area contributed by atoms with Crippen molar-refractivity contribution in [2.75, 3.05) is 19.8 Å². The van der Waals surface area contributed by atoms with Gasteiger partial charge in [0.15, 0.2) is 5.84 Å². The van der Waals surface area contributed by atoms with Crippen LogP contribution in [0.2, 0.25) is 0 Å². The van der Waals surface area contributed by atoms with E-state index >= 15 is 0 Å². The summed E-state index contributed by atoms with van der Waals surface area (Å²) in [5.74, 6) is -0.0505. The number of nitrogens with two attached hydrogens (primary N) is 1. The third kappa shape index (κ3) is 3.91. The Bertz CT molecular complexity index is 473. The smallest absolute Gasteiger partial charge is 0.170 e. The van der Waals surface area contributed by atoms with Gasteiger partial charge < -0.3 is 20.4 Å². The topological polar surface area (TPSA) is 77.1 Å². The van der Waals surface area contributed by atoms with Crippen molar-refractivity contribution in [2.45, 2.75) is 19.4 Å². The number of rotatable bonds is 5. The number of benzene rings is 1. The lowest BCUT2D eigenvalue weighted by atomic mass is 10.0. The predicted molar refractivity (Wildman–Crippen MR) is 72.1 cm³/mol. The Morgan fingerprint density at radius 3 is 2.90 bits per heavy atom. The second-order valence-electron chi connectivity index (χ2n) is 4.86. The molecule has 0 spiro atoms. The van der Waals surface area contributed by atoms with Gasteiger partial charge in [-0.25, -0.2) is 4.39 Å². The van der Waals surface area contributed by atoms with Crippen molar-refractivity contribution in [3.05, 3.63) is 35.1 Å². The summed E-state index contributed by atoms with van der Waals surface area (Å²) >= 11 is 0. The predicted octanol–water partition coefficient (Wildman–Crippen LogP) is 1.86. The molecule has 0 saturated carbocycles. The molecule has 20 heavy (non-hydrogen) atoms. The normalized spacial score (nSPS) is 17.4. The van der Waals surface area contributed by atoms with Gasteiger partial charge in [-0.15, -0.1) is 0 Å². The van der Waals surface area contributed by atoms with E-state index in [1.165, 1.54) is 12.1 Å². The second-order valence-corrected chi connectivity index (χ2v) is 4.86. The van der Waals surface area contributed by atoms with Gasteiger partial charge in [-0.1, -0.05) is 11.2 Å². The lowest BCUT2D eigenvalue weighted by Gasteiger charge is -2.22. The van der Waals surface area contributed by atoms with E-state index in [0.717, 1.165) is 26.1 Å². The van der Waals surface area contributed by atoms with E-state index in [1.807, 2.05) is 0 Å². The van der Waals surface area contributed by atoms with E-state index in [1.54, 1.807) is 6.07 Å². The minimum atomic E-state index is -0.431. The number of hydrogen-bond donors (Lipinski definition) is 2. The summed E-state index contributed by atoms with van der Waals surface area (Å²) in [6.45, 7) is 2.50. The zero-order valence-corrected chi connectivity index (χ0v) is 11.2. The molecule has 1 saturated heterocycles. The monoisotopic (exact) mass is 282 g/mol. The Balaban J connectivity index is 1.94. The van der Waals surface area contributed by atoms with Crippen molar-refractivity contribution < 1.29 is 19.1 Å². The Morgan fingerprint density at radius 2 is 2.20 bits per heavy atom. The molecule has 0 radical (unpaired) electrons. The van der Waals surface area contributed by atoms with Crippen LogP contribution >= 0.6 is 0 Å². The average Bonchev–Trinajstić information content (AvgIpc) is 2.49. The summed E-state index contributed by atoms with van der Waals surface area (Å²) < 4.78 is 24.2. The summed E-state index contributed by atoms with van der Waals surface area (Å²) in [7, 11) is 0. The van der Waals surface area contributed by atoms with Crippen molar-refractivity contribution in [1.82, 2.24) is 0 Å². The zero-order valence-electron chi connectivity index (χ0n) is 11.2. The van der Waals surface area contributed by atoms with E-state index in [2.05, 4.69) is 5.16 Å². The van der Waals surface area contributed by atoms with Gasteiger partial charge in [0.05, 0.1) is 13.2 Å². The molecule has 0 bridgehead atoms. The standard InChI is InChI=1S/C14H19FN2O3/c15-12-2-1-11(13(7-12)14(16)17-18)9-20-8-10-3-5-19-6-4-10/h1-2,7,10,18H,3-6,8-9H2,(H2,16,17). The second kappa shape index (κ2) is 7.21. The minimum absolute atomic E-state index is 0.117. The van der Waals surface area contributed by atoms with Crippen LogP contribution in [0.25, 0.3) is 0 Å². The highest BCUT2D eigenvalue weighted by molar-refractivity contribution is 5.98. The molecule has 1 aromatic rings. The molecule has 3 N–H and O–H groups in total. The van der Waals surface area contributed by atoms with Gasteiger partial charge in [0.25, 0.3) is 0 Å². The molecule has 0 unspecified atom stereocenters. The van der Waals surface area contributed by atoms with E-state index < -0.39 is 5.82 Å². The number of hydrogen-bond acceptors (Lipinski definition) is 4. The SMILES string of the molecule is NC(=NO)c1cc(F)ccc1COCC1CCOCC1. The van der Waals surface area contributed by atoms with Crippen molar-refractivity contribution in [1.29, 1.82) is 0 Å². The number of halogens is 1. The molecule has 6 heteroatoms. The first-order chi connectivity index (χ1) is 9.70. The van der Waals surface area contributed by atoms with Crippen LogP contribution in [0.5, 0.6) is 0 Å². The third-order valence-electron chi connectivity index (χ3n) is 3.41. The number of oxime groups is 1. The molecule has 110 valence electrons. The number of ether oxygens (including phenoxy) is 2. The van der Waals surface area contributed by atoms with Gasteiger partial charge in [0, 0.05) is 18.8 Å². The first-order valence-corrected chi connectivity index (χ1v) is 6.62. The Kier molecular flexibility index (Phi) is 5.31. The molecule has 2 rings (SSSR count). The number of nitrogens with zero attached hydrogens (tertiary/aromatic N) is 1. The van der Waals surface area contributed by atoms with Crippen molar-refractivity contribution in [3.8, 4) is 0 Å². The van der Waals surface area contributed by atoms with E-state index in [4.69, 9.17) is 20.4 Å². The van der Waals surface area contributed by atoms with Crippen LogP contribution in [0, 0.1) is 11.7 Å². The third-order valence-corrected chi connectivity index (χ3v) is 3.41. The summed E-state index contributed by atoms with van der Waals surface area (Å²) in [6.07, 6.45) is 1.99. The van der Waals surface area contributed by atoms with Crippen molar-refractivity contribution in [3.63, 3.8) is 0 Å². The van der Waals surface area contributed by atoms with Crippen molar-refractivity contribution in [2.24, 2.45) is 16.8 Å². The summed E-state index contributed by atoms with van der Waals surface area (Å²) in [6, 6.07) is 4.16. The average molecular weight is 282 g/mol. The van der Waals surface area contributed by atoms with E-state index in [0.29, 0.717) is 30.3 Å². The molecule has 0 amide bonds. The Morgan fingerprint density at radius 1 is 1.45 bits per heavy atom. The highest BCUT2D eigenvalue weighted by Crippen LogP contribution is 2.17. The van der Waals surface area contributed by atoms with Crippen LogP contribution in [-0.2, 0) is 16.1 Å². The summed E-state index contributed by atoms with van der Waals surface area (Å²) in [4.78, 5) is 0. The van der Waals surface area contributed by atoms with Gasteiger partial charge in [0.1, 0.15) is 5.82 Å². The maximum atomic E-state index is 13.2. The van der Waals surface area contributed by atoms with Gasteiger partial charge >= 0.3 is 0 Å². The fourth-order valence-electron chi connectivity index (χ4n) is 2.22. The lowest BCUT2D eigenvalue weighted by molar-refractivity contribution is 0.0157. The van der Waals surface area contributed by atoms with Crippen LogP contribution in [0.3, 0.4) is 0 Å². The molecule has 1 aliphatic rings. The molecular weight excluding hydrogens is 263 g/mol. The first-order valence-electron chi connectivity index (χ1n) is 6.62. The van der Waals surface area contributed by atoms with Gasteiger partial charge in [-0.2, -0.15) is 0 Å². The van der Waals surface area contributed by atoms with E-state index in [9.17, 15) is 4.39 Å². The van der Waals surface area contributed by atoms with Crippen LogP contribution in [-0.4, -0.2) is 30.9 Å². The van der Waals surface area contributed by atoms with Crippen LogP contribution < -0.4 is 5.73 Å². The fourth-order valence-corrected chi connectivity index (χ4v) is 2.22. The molecule has 1 aliphatic heterocycles. The van der Waals surface area contributed by atoms with Crippen LogP contribution in [0.4, 0.5) is 4.39 Å². The lowest BCUT2D eigenvalue weighted by Crippen LogP contribution is -2.21. The summed E-state index contributed by atoms with van der Waals surface area (Å²) in [5.41, 5.74) is 6.60. The van der Waals surface area contributed by atoms with Crippen LogP contribution in [0.1, 0.15) is 24.0 Å². The molecule has 1 aromatic carbocycles. The molecular formula is C14H19FN2O3. The molecule has 1 heterocycles. The van der Waals surface area contributed by atoms with Crippen molar-refractivity contribution >= 4 is 5.84 Å². The summed E-state index contributed by atoms with van der Waals surface area (Å²) in [5, 5.41) is 11.6. The Labute approximate surface area is 117 Å². The maximum Gasteiger partial charge on any atom is 0.170 e. The van der Waals surface area contributed by atoms with Gasteiger partial charge in [-0.3, -0.25) is 0 Å². The Hall–Kier alpha value is -1.66. The zero-order chi connectivity index (χ0) is 14.4. The van der Waals surface area contributed by atoms with Crippen LogP contribution in [0.15, 0.2) is 23.4 Å². The highest BCUT2D eigenvalue weighted by atomic mass is 19.1. The van der Waals surface area contributed by atoms with Gasteiger partial charge in [0.2, 0.25) is 0 Å². The van der Waals surface area contributed by atoms with E-state index in [-0.39, 0.29) is 5.84 Å². The quantitative estimate of drug-likeness (QED) is 0.374. The molecule has 0 aliphatic carbocycles.